The minimum absolute atomic E-state index is 0.0410. The summed E-state index contributed by atoms with van der Waals surface area (Å²) in [4.78, 5) is 24.9. The number of Topliss-reactive ketones (excluding diaryl/α,β-unsaturated/α-hetero) is 1. The van der Waals surface area contributed by atoms with E-state index in [-0.39, 0.29) is 24.1 Å². The molecule has 1 aliphatic heterocycles. The van der Waals surface area contributed by atoms with Crippen molar-refractivity contribution in [3.05, 3.63) is 33.3 Å². The van der Waals surface area contributed by atoms with Gasteiger partial charge in [-0.1, -0.05) is 25.4 Å². The van der Waals surface area contributed by atoms with Gasteiger partial charge >= 0.3 is 7.12 Å². The predicted octanol–water partition coefficient (Wildman–Crippen LogP) is 3.33. The lowest BCUT2D eigenvalue weighted by molar-refractivity contribution is -0.118. The summed E-state index contributed by atoms with van der Waals surface area (Å²) in [5.41, 5.74) is 0.401. The summed E-state index contributed by atoms with van der Waals surface area (Å²) in [6.45, 7) is 6.82. The van der Waals surface area contributed by atoms with Gasteiger partial charge in [0, 0.05) is 48.0 Å². The number of benzene rings is 1. The lowest BCUT2D eigenvalue weighted by Gasteiger charge is -2.26. The third kappa shape index (κ3) is 7.83. The highest BCUT2D eigenvalue weighted by molar-refractivity contribution is 9.10. The Hall–Kier alpha value is -0.925. The van der Waals surface area contributed by atoms with Crippen LogP contribution in [-0.4, -0.2) is 51.7 Å². The van der Waals surface area contributed by atoms with Crippen LogP contribution in [0, 0.1) is 5.92 Å². The number of halogens is 2. The molecule has 0 radical (unpaired) electrons. The van der Waals surface area contributed by atoms with E-state index in [0.717, 1.165) is 19.5 Å². The topological polar surface area (TPSA) is 76.7 Å². The third-order valence-corrected chi connectivity index (χ3v) is 5.32. The van der Waals surface area contributed by atoms with Crippen molar-refractivity contribution in [1.29, 1.82) is 0 Å². The fourth-order valence-corrected chi connectivity index (χ4v) is 3.74. The van der Waals surface area contributed by atoms with Crippen LogP contribution in [-0.2, 0) is 14.1 Å². The second kappa shape index (κ2) is 11.9. The molecule has 0 bridgehead atoms. The minimum Gasteiger partial charge on any atom is -0.410 e. The molecule has 9 heteroatoms. The first-order valence-electron chi connectivity index (χ1n) is 9.55. The first kappa shape index (κ1) is 23.4. The second-order valence-corrected chi connectivity index (χ2v) is 8.59. The molecular weight excluding hydrogens is 446 g/mol. The lowest BCUT2D eigenvalue weighted by atomic mass is 9.65. The lowest BCUT2D eigenvalue weighted by Crippen LogP contribution is -2.40. The maximum atomic E-state index is 12.5. The molecule has 1 aliphatic rings. The Morgan fingerprint density at radius 1 is 1.29 bits per heavy atom. The molecule has 2 N–H and O–H groups in total. The maximum absolute atomic E-state index is 12.5. The largest absolute Gasteiger partial charge is 0.460 e. The third-order valence-electron chi connectivity index (χ3n) is 4.39. The standard InChI is InChI=1S/C19H27BBrClN2O4/c1-13(2)9-14(20-27-7-5-23-6-8-28-20)10-16(25)12-24-19(26)17-11-15(22)3-4-18(17)21/h3-4,11,13-14,23H,5-10,12H2,1-2H3,(H,24,26)/t14-/m1/s1. The van der Waals surface area contributed by atoms with E-state index in [4.69, 9.17) is 20.9 Å². The number of carbonyl (C=O) groups is 2. The molecule has 1 atom stereocenters. The van der Waals surface area contributed by atoms with Gasteiger partial charge in [-0.05, 0) is 46.5 Å². The van der Waals surface area contributed by atoms with E-state index < -0.39 is 7.12 Å². The highest BCUT2D eigenvalue weighted by atomic mass is 79.9. The first-order chi connectivity index (χ1) is 13.4. The summed E-state index contributed by atoms with van der Waals surface area (Å²) in [6, 6.07) is 4.96. The van der Waals surface area contributed by atoms with Crippen molar-refractivity contribution in [2.24, 2.45) is 5.92 Å². The van der Waals surface area contributed by atoms with Crippen molar-refractivity contribution in [2.45, 2.75) is 32.5 Å². The van der Waals surface area contributed by atoms with Crippen LogP contribution in [0.3, 0.4) is 0 Å². The normalized spacial score (nSPS) is 16.4. The zero-order valence-electron chi connectivity index (χ0n) is 16.3. The van der Waals surface area contributed by atoms with Crippen molar-refractivity contribution in [3.63, 3.8) is 0 Å². The summed E-state index contributed by atoms with van der Waals surface area (Å²) < 4.78 is 12.3. The molecule has 1 fully saturated rings. The molecule has 0 aromatic heterocycles. The van der Waals surface area contributed by atoms with Crippen LogP contribution in [0.2, 0.25) is 10.8 Å². The Labute approximate surface area is 180 Å². The molecule has 2 rings (SSSR count). The van der Waals surface area contributed by atoms with E-state index in [9.17, 15) is 9.59 Å². The van der Waals surface area contributed by atoms with Crippen LogP contribution >= 0.6 is 27.5 Å². The quantitative estimate of drug-likeness (QED) is 0.567. The summed E-state index contributed by atoms with van der Waals surface area (Å²) >= 11 is 9.28. The van der Waals surface area contributed by atoms with E-state index in [1.54, 1.807) is 18.2 Å². The predicted molar refractivity (Wildman–Crippen MR) is 115 cm³/mol. The fourth-order valence-electron chi connectivity index (χ4n) is 3.15. The van der Waals surface area contributed by atoms with Crippen LogP contribution in [0.25, 0.3) is 0 Å². The molecule has 0 spiro atoms. The van der Waals surface area contributed by atoms with Gasteiger partial charge < -0.3 is 19.9 Å². The molecule has 1 aromatic carbocycles. The molecule has 6 nitrogen and oxygen atoms in total. The molecule has 0 unspecified atom stereocenters. The van der Waals surface area contributed by atoms with Gasteiger partial charge in [0.15, 0.2) is 5.78 Å². The number of ketones is 1. The average molecular weight is 474 g/mol. The van der Waals surface area contributed by atoms with Crippen LogP contribution in [0.4, 0.5) is 0 Å². The molecular formula is C19H27BBrClN2O4. The summed E-state index contributed by atoms with van der Waals surface area (Å²) in [5.74, 6) is -0.0248. The zero-order chi connectivity index (χ0) is 20.5. The average Bonchev–Trinajstić information content (AvgIpc) is 2.60. The van der Waals surface area contributed by atoms with Gasteiger partial charge in [-0.15, -0.1) is 0 Å². The van der Waals surface area contributed by atoms with Crippen molar-refractivity contribution >= 4 is 46.3 Å². The van der Waals surface area contributed by atoms with Gasteiger partial charge in [-0.3, -0.25) is 9.59 Å². The maximum Gasteiger partial charge on any atom is 0.460 e. The molecule has 1 amide bonds. The van der Waals surface area contributed by atoms with Gasteiger partial charge in [-0.25, -0.2) is 0 Å². The molecule has 28 heavy (non-hydrogen) atoms. The molecule has 154 valence electrons. The monoisotopic (exact) mass is 472 g/mol. The van der Waals surface area contributed by atoms with Gasteiger partial charge in [0.05, 0.1) is 12.1 Å². The highest BCUT2D eigenvalue weighted by Crippen LogP contribution is 2.27. The number of hydrogen-bond donors (Lipinski definition) is 2. The number of nitrogens with one attached hydrogen (secondary N) is 2. The number of amides is 1. The van der Waals surface area contributed by atoms with E-state index >= 15 is 0 Å². The van der Waals surface area contributed by atoms with Crippen molar-refractivity contribution in [3.8, 4) is 0 Å². The Bertz CT molecular complexity index is 669. The van der Waals surface area contributed by atoms with Gasteiger partial charge in [-0.2, -0.15) is 0 Å². The smallest absolute Gasteiger partial charge is 0.410 e. The van der Waals surface area contributed by atoms with Gasteiger partial charge in [0.25, 0.3) is 5.91 Å². The van der Waals surface area contributed by atoms with Crippen LogP contribution < -0.4 is 10.6 Å². The SMILES string of the molecule is CC(C)C[C@H](CC(=O)CNC(=O)c1cc(Cl)ccc1Br)B1OCCNCCO1. The Kier molecular flexibility index (Phi) is 9.95. The van der Waals surface area contributed by atoms with E-state index in [0.29, 0.717) is 40.6 Å². The Morgan fingerprint density at radius 2 is 1.96 bits per heavy atom. The number of hydrogen-bond acceptors (Lipinski definition) is 5. The van der Waals surface area contributed by atoms with E-state index in [1.807, 2.05) is 0 Å². The molecule has 1 saturated heterocycles. The fraction of sp³-hybridized carbons (Fsp3) is 0.579. The van der Waals surface area contributed by atoms with Crippen LogP contribution in [0.1, 0.15) is 37.0 Å². The van der Waals surface area contributed by atoms with Gasteiger partial charge in [0.2, 0.25) is 0 Å². The zero-order valence-corrected chi connectivity index (χ0v) is 18.6. The molecule has 1 aromatic rings. The first-order valence-corrected chi connectivity index (χ1v) is 10.7. The summed E-state index contributed by atoms with van der Waals surface area (Å²) in [7, 11) is -0.397. The molecule has 0 aliphatic carbocycles. The van der Waals surface area contributed by atoms with E-state index in [2.05, 4.69) is 40.4 Å². The minimum atomic E-state index is -0.397. The highest BCUT2D eigenvalue weighted by Gasteiger charge is 2.33. The van der Waals surface area contributed by atoms with Crippen molar-refractivity contribution < 1.29 is 18.9 Å². The second-order valence-electron chi connectivity index (χ2n) is 7.30. The van der Waals surface area contributed by atoms with Crippen LogP contribution in [0.15, 0.2) is 22.7 Å². The number of carbonyl (C=O) groups excluding carboxylic acids is 2. The van der Waals surface area contributed by atoms with E-state index in [1.165, 1.54) is 0 Å². The van der Waals surface area contributed by atoms with Crippen molar-refractivity contribution in [2.75, 3.05) is 32.8 Å². The summed E-state index contributed by atoms with van der Waals surface area (Å²) in [6.07, 6.45) is 1.12. The Balaban J connectivity index is 1.93. The van der Waals surface area contributed by atoms with Gasteiger partial charge in [0.1, 0.15) is 0 Å². The molecule has 0 saturated carbocycles. The van der Waals surface area contributed by atoms with Crippen molar-refractivity contribution in [1.82, 2.24) is 10.6 Å². The Morgan fingerprint density at radius 3 is 2.61 bits per heavy atom. The summed E-state index contributed by atoms with van der Waals surface area (Å²) in [5, 5.41) is 6.35. The van der Waals surface area contributed by atoms with Crippen LogP contribution in [0.5, 0.6) is 0 Å². The molecule has 1 heterocycles. The number of rotatable bonds is 8.